The van der Waals surface area contributed by atoms with E-state index in [1.807, 2.05) is 6.07 Å². The first-order valence-electron chi connectivity index (χ1n) is 9.26. The monoisotopic (exact) mass is 409 g/mol. The number of aryl methyl sites for hydroxylation is 1. The maximum Gasteiger partial charge on any atom is 0.245 e. The minimum Gasteiger partial charge on any atom is -0.254 e. The van der Waals surface area contributed by atoms with E-state index in [0.29, 0.717) is 18.5 Å². The van der Waals surface area contributed by atoms with Gasteiger partial charge in [-0.15, -0.1) is 0 Å². The number of halogens is 2. The third kappa shape index (κ3) is 4.75. The summed E-state index contributed by atoms with van der Waals surface area (Å²) in [5.41, 5.74) is 7.92. The Morgan fingerprint density at radius 2 is 1.93 bits per heavy atom. The van der Waals surface area contributed by atoms with E-state index in [1.165, 1.54) is 35.6 Å². The SMILES string of the molecule is Cc1ccc(F)c(S(=O)(=O)N(C)CCCC2CC(c3cccc(F)c3)NN2)c1. The second-order valence-corrected chi connectivity index (χ2v) is 9.24. The quantitative estimate of drug-likeness (QED) is 0.737. The van der Waals surface area contributed by atoms with Crippen molar-refractivity contribution in [3.05, 3.63) is 65.2 Å². The third-order valence-corrected chi connectivity index (χ3v) is 6.91. The largest absolute Gasteiger partial charge is 0.254 e. The van der Waals surface area contributed by atoms with Crippen molar-refractivity contribution in [1.82, 2.24) is 15.2 Å². The van der Waals surface area contributed by atoms with Gasteiger partial charge in [-0.05, 0) is 61.6 Å². The second kappa shape index (κ2) is 8.65. The van der Waals surface area contributed by atoms with Crippen LogP contribution in [0.3, 0.4) is 0 Å². The molecule has 8 heteroatoms. The summed E-state index contributed by atoms with van der Waals surface area (Å²) in [7, 11) is -2.40. The summed E-state index contributed by atoms with van der Waals surface area (Å²) < 4.78 is 53.8. The van der Waals surface area contributed by atoms with Crippen molar-refractivity contribution in [3.63, 3.8) is 0 Å². The molecule has 0 amide bonds. The van der Waals surface area contributed by atoms with E-state index < -0.39 is 15.8 Å². The molecular formula is C20H25F2N3O2S. The average Bonchev–Trinajstić information content (AvgIpc) is 3.12. The van der Waals surface area contributed by atoms with Gasteiger partial charge in [-0.1, -0.05) is 18.2 Å². The van der Waals surface area contributed by atoms with E-state index in [-0.39, 0.29) is 22.8 Å². The van der Waals surface area contributed by atoms with Crippen molar-refractivity contribution in [2.75, 3.05) is 13.6 Å². The minimum absolute atomic E-state index is 0.0172. The van der Waals surface area contributed by atoms with Gasteiger partial charge in [0.15, 0.2) is 0 Å². The summed E-state index contributed by atoms with van der Waals surface area (Å²) in [5.74, 6) is -1.00. The van der Waals surface area contributed by atoms with E-state index in [0.717, 1.165) is 18.4 Å². The number of hydrazine groups is 1. The van der Waals surface area contributed by atoms with E-state index in [4.69, 9.17) is 0 Å². The molecule has 2 unspecified atom stereocenters. The van der Waals surface area contributed by atoms with Crippen LogP contribution in [0.25, 0.3) is 0 Å². The predicted molar refractivity (Wildman–Crippen MR) is 104 cm³/mol. The molecule has 2 atom stereocenters. The van der Waals surface area contributed by atoms with E-state index in [9.17, 15) is 17.2 Å². The van der Waals surface area contributed by atoms with E-state index in [2.05, 4.69) is 10.9 Å². The Bertz CT molecular complexity index is 937. The highest BCUT2D eigenvalue weighted by molar-refractivity contribution is 7.89. The lowest BCUT2D eigenvalue weighted by Gasteiger charge is -2.19. The van der Waals surface area contributed by atoms with Crippen LogP contribution in [-0.2, 0) is 10.0 Å². The molecule has 0 aliphatic carbocycles. The molecule has 1 fully saturated rings. The van der Waals surface area contributed by atoms with Crippen LogP contribution in [0.4, 0.5) is 8.78 Å². The number of benzene rings is 2. The minimum atomic E-state index is -3.87. The van der Waals surface area contributed by atoms with Gasteiger partial charge in [-0.2, -0.15) is 0 Å². The fraction of sp³-hybridized carbons (Fsp3) is 0.400. The molecule has 1 saturated heterocycles. The van der Waals surface area contributed by atoms with Crippen molar-refractivity contribution >= 4 is 10.0 Å². The van der Waals surface area contributed by atoms with Gasteiger partial charge in [0.2, 0.25) is 10.0 Å². The number of sulfonamides is 1. The van der Waals surface area contributed by atoms with Crippen LogP contribution in [-0.4, -0.2) is 32.4 Å². The molecule has 2 N–H and O–H groups in total. The van der Waals surface area contributed by atoms with E-state index >= 15 is 0 Å². The molecule has 2 aromatic carbocycles. The lowest BCUT2D eigenvalue weighted by atomic mass is 10.00. The first-order chi connectivity index (χ1) is 13.3. The van der Waals surface area contributed by atoms with Gasteiger partial charge in [-0.25, -0.2) is 21.5 Å². The molecule has 0 saturated carbocycles. The predicted octanol–water partition coefficient (Wildman–Crippen LogP) is 3.28. The summed E-state index contributed by atoms with van der Waals surface area (Å²) in [6, 6.07) is 10.7. The first-order valence-corrected chi connectivity index (χ1v) is 10.7. The van der Waals surface area contributed by atoms with Gasteiger partial charge in [0.05, 0.1) is 0 Å². The molecule has 28 heavy (non-hydrogen) atoms. The van der Waals surface area contributed by atoms with Gasteiger partial charge in [-0.3, -0.25) is 10.9 Å². The molecule has 5 nitrogen and oxygen atoms in total. The van der Waals surface area contributed by atoms with Crippen molar-refractivity contribution in [2.45, 2.75) is 43.2 Å². The van der Waals surface area contributed by atoms with Crippen LogP contribution in [0.5, 0.6) is 0 Å². The van der Waals surface area contributed by atoms with Crippen LogP contribution < -0.4 is 10.9 Å². The van der Waals surface area contributed by atoms with Crippen molar-refractivity contribution in [1.29, 1.82) is 0 Å². The molecule has 1 aliphatic rings. The molecule has 1 aliphatic heterocycles. The second-order valence-electron chi connectivity index (χ2n) is 7.23. The van der Waals surface area contributed by atoms with Crippen LogP contribution in [0.1, 0.15) is 36.4 Å². The number of hydrogen-bond donors (Lipinski definition) is 2. The number of nitrogens with one attached hydrogen (secondary N) is 2. The summed E-state index contributed by atoms with van der Waals surface area (Å²) in [6.45, 7) is 2.02. The zero-order valence-corrected chi connectivity index (χ0v) is 16.8. The molecule has 0 radical (unpaired) electrons. The summed E-state index contributed by atoms with van der Waals surface area (Å²) in [5, 5.41) is 0. The average molecular weight is 410 g/mol. The van der Waals surface area contributed by atoms with Crippen LogP contribution >= 0.6 is 0 Å². The lowest BCUT2D eigenvalue weighted by molar-refractivity contribution is 0.425. The number of rotatable bonds is 7. The van der Waals surface area contributed by atoms with E-state index in [1.54, 1.807) is 19.1 Å². The molecule has 0 spiro atoms. The van der Waals surface area contributed by atoms with Gasteiger partial charge in [0.25, 0.3) is 0 Å². The molecule has 0 bridgehead atoms. The molecule has 0 aromatic heterocycles. The Labute approximate surface area is 164 Å². The highest BCUT2D eigenvalue weighted by atomic mass is 32.2. The molecule has 152 valence electrons. The molecule has 1 heterocycles. The Morgan fingerprint density at radius 3 is 2.68 bits per heavy atom. The fourth-order valence-corrected chi connectivity index (χ4v) is 4.76. The zero-order valence-electron chi connectivity index (χ0n) is 16.0. The maximum absolute atomic E-state index is 14.0. The molecule has 2 aromatic rings. The number of nitrogens with zero attached hydrogens (tertiary/aromatic N) is 1. The Kier molecular flexibility index (Phi) is 6.44. The first kappa shape index (κ1) is 20.9. The van der Waals surface area contributed by atoms with Crippen LogP contribution in [0, 0.1) is 18.6 Å². The summed E-state index contributed by atoms with van der Waals surface area (Å²) in [4.78, 5) is -0.290. The van der Waals surface area contributed by atoms with Gasteiger partial charge in [0, 0.05) is 25.7 Å². The van der Waals surface area contributed by atoms with Gasteiger partial charge >= 0.3 is 0 Å². The number of hydrogen-bond acceptors (Lipinski definition) is 4. The van der Waals surface area contributed by atoms with Gasteiger partial charge < -0.3 is 0 Å². The van der Waals surface area contributed by atoms with Crippen molar-refractivity contribution < 1.29 is 17.2 Å². The smallest absolute Gasteiger partial charge is 0.245 e. The standard InChI is InChI=1S/C20H25F2N3O2S/c1-14-8-9-18(22)20(11-14)28(26,27)25(2)10-4-7-17-13-19(24-23-17)15-5-3-6-16(21)12-15/h3,5-6,8-9,11-12,17,19,23-24H,4,7,10,13H2,1-2H3. The normalized spacial score (nSPS) is 20.0. The lowest BCUT2D eigenvalue weighted by Crippen LogP contribution is -2.32. The van der Waals surface area contributed by atoms with Crippen LogP contribution in [0.15, 0.2) is 47.4 Å². The fourth-order valence-electron chi connectivity index (χ4n) is 3.41. The maximum atomic E-state index is 14.0. The Balaban J connectivity index is 1.53. The highest BCUT2D eigenvalue weighted by Gasteiger charge is 2.27. The van der Waals surface area contributed by atoms with Crippen molar-refractivity contribution in [3.8, 4) is 0 Å². The summed E-state index contributed by atoms with van der Waals surface area (Å²) >= 11 is 0. The molecule has 3 rings (SSSR count). The van der Waals surface area contributed by atoms with Crippen LogP contribution in [0.2, 0.25) is 0 Å². The van der Waals surface area contributed by atoms with Crippen molar-refractivity contribution in [2.24, 2.45) is 0 Å². The van der Waals surface area contributed by atoms with Gasteiger partial charge in [0.1, 0.15) is 16.5 Å². The topological polar surface area (TPSA) is 61.4 Å². The zero-order chi connectivity index (χ0) is 20.3. The summed E-state index contributed by atoms with van der Waals surface area (Å²) in [6.07, 6.45) is 2.15. The Hall–Kier alpha value is -1.87. The highest BCUT2D eigenvalue weighted by Crippen LogP contribution is 2.25. The Morgan fingerprint density at radius 1 is 1.14 bits per heavy atom. The third-order valence-electron chi connectivity index (χ3n) is 5.03. The molecular weight excluding hydrogens is 384 g/mol.